The van der Waals surface area contributed by atoms with Crippen LogP contribution < -0.4 is 5.56 Å². The van der Waals surface area contributed by atoms with Gasteiger partial charge >= 0.3 is 0 Å². The monoisotopic (exact) mass is 175 g/mol. The Kier molecular flexibility index (Phi) is 1.62. The molecule has 66 valence electrons. The van der Waals surface area contributed by atoms with Crippen molar-refractivity contribution in [2.45, 2.75) is 13.8 Å². The summed E-state index contributed by atoms with van der Waals surface area (Å²) >= 11 is 0. The molecule has 13 heavy (non-hydrogen) atoms. The zero-order valence-electron chi connectivity index (χ0n) is 7.48. The number of aromatic nitrogens is 3. The second kappa shape index (κ2) is 2.65. The van der Waals surface area contributed by atoms with E-state index < -0.39 is 0 Å². The van der Waals surface area contributed by atoms with Crippen LogP contribution >= 0.6 is 0 Å². The van der Waals surface area contributed by atoms with Gasteiger partial charge in [-0.05, 0) is 13.8 Å². The van der Waals surface area contributed by atoms with Crippen molar-refractivity contribution in [3.63, 3.8) is 0 Å². The molecule has 0 N–H and O–H groups in total. The molecule has 2 rings (SSSR count). The third-order valence-electron chi connectivity index (χ3n) is 2.10. The van der Waals surface area contributed by atoms with E-state index in [-0.39, 0.29) is 5.56 Å². The van der Waals surface area contributed by atoms with E-state index in [0.717, 1.165) is 5.69 Å². The molecule has 0 aliphatic carbocycles. The Morgan fingerprint density at radius 3 is 2.92 bits per heavy atom. The normalized spacial score (nSPS) is 10.6. The van der Waals surface area contributed by atoms with Crippen molar-refractivity contribution >= 4 is 5.65 Å². The Hall–Kier alpha value is -1.71. The summed E-state index contributed by atoms with van der Waals surface area (Å²) in [4.78, 5) is 19.8. The summed E-state index contributed by atoms with van der Waals surface area (Å²) in [5.74, 6) is 0. The molecule has 0 saturated carbocycles. The number of aryl methyl sites for hydroxylation is 1. The summed E-state index contributed by atoms with van der Waals surface area (Å²) in [5, 5.41) is 0. The fraction of sp³-hybridized carbons (Fsp3) is 0.222. The predicted molar refractivity (Wildman–Crippen MR) is 48.7 cm³/mol. The van der Waals surface area contributed by atoms with Gasteiger partial charge in [0.1, 0.15) is 0 Å². The van der Waals surface area contributed by atoms with Crippen molar-refractivity contribution in [1.82, 2.24) is 14.4 Å². The molecule has 0 aliphatic rings. The molecule has 0 bridgehead atoms. The molecule has 0 fully saturated rings. The minimum Gasteiger partial charge on any atom is -0.269 e. The molecular weight excluding hydrogens is 166 g/mol. The van der Waals surface area contributed by atoms with Crippen LogP contribution in [0.15, 0.2) is 23.4 Å². The molecule has 2 aromatic rings. The molecule has 0 aromatic carbocycles. The van der Waals surface area contributed by atoms with E-state index in [4.69, 9.17) is 0 Å². The maximum Gasteiger partial charge on any atom is 0.261 e. The highest BCUT2D eigenvalue weighted by Crippen LogP contribution is 1.99. The fourth-order valence-electron chi connectivity index (χ4n) is 1.20. The molecule has 0 unspecified atom stereocenters. The second-order valence-corrected chi connectivity index (χ2v) is 2.93. The topological polar surface area (TPSA) is 47.3 Å². The van der Waals surface area contributed by atoms with Crippen LogP contribution in [0.2, 0.25) is 0 Å². The third-order valence-corrected chi connectivity index (χ3v) is 2.10. The first kappa shape index (κ1) is 7.91. The van der Waals surface area contributed by atoms with Gasteiger partial charge < -0.3 is 0 Å². The fourth-order valence-corrected chi connectivity index (χ4v) is 1.20. The van der Waals surface area contributed by atoms with E-state index in [1.807, 2.05) is 6.92 Å². The number of rotatable bonds is 0. The van der Waals surface area contributed by atoms with Crippen LogP contribution in [0, 0.1) is 13.8 Å². The van der Waals surface area contributed by atoms with E-state index in [0.29, 0.717) is 11.2 Å². The van der Waals surface area contributed by atoms with E-state index >= 15 is 0 Å². The quantitative estimate of drug-likeness (QED) is 0.592. The molecule has 2 heterocycles. The average molecular weight is 175 g/mol. The van der Waals surface area contributed by atoms with E-state index in [1.54, 1.807) is 25.5 Å². The van der Waals surface area contributed by atoms with Gasteiger partial charge in [0.2, 0.25) is 0 Å². The Morgan fingerprint density at radius 2 is 2.15 bits per heavy atom. The summed E-state index contributed by atoms with van der Waals surface area (Å²) in [6.45, 7) is 3.60. The smallest absolute Gasteiger partial charge is 0.261 e. The Labute approximate surface area is 74.9 Å². The maximum absolute atomic E-state index is 11.6. The zero-order valence-corrected chi connectivity index (χ0v) is 7.48. The standard InChI is InChI=1S/C9H9N3O/c1-6-7(2)11-8-5-10-3-4-12(8)9(6)13/h3-5H,1-2H3. The van der Waals surface area contributed by atoms with Crippen LogP contribution in [0.25, 0.3) is 5.65 Å². The molecule has 0 saturated heterocycles. The first-order valence-electron chi connectivity index (χ1n) is 4.00. The van der Waals surface area contributed by atoms with Crippen LogP contribution in [-0.4, -0.2) is 14.4 Å². The van der Waals surface area contributed by atoms with E-state index in [9.17, 15) is 4.79 Å². The first-order chi connectivity index (χ1) is 6.20. The second-order valence-electron chi connectivity index (χ2n) is 2.93. The number of hydrogen-bond donors (Lipinski definition) is 0. The SMILES string of the molecule is Cc1nc2cnccn2c(=O)c1C. The molecule has 2 aromatic heterocycles. The number of hydrogen-bond acceptors (Lipinski definition) is 3. The van der Waals surface area contributed by atoms with Crippen molar-refractivity contribution in [2.24, 2.45) is 0 Å². The van der Waals surface area contributed by atoms with Gasteiger partial charge in [0.15, 0.2) is 5.65 Å². The van der Waals surface area contributed by atoms with Gasteiger partial charge in [0.05, 0.1) is 6.20 Å². The Balaban J connectivity index is 3.03. The van der Waals surface area contributed by atoms with Crippen LogP contribution in [0.4, 0.5) is 0 Å². The highest BCUT2D eigenvalue weighted by molar-refractivity contribution is 5.37. The Morgan fingerprint density at radius 1 is 1.38 bits per heavy atom. The minimum atomic E-state index is -0.0232. The lowest BCUT2D eigenvalue weighted by molar-refractivity contribution is 0.965. The summed E-state index contributed by atoms with van der Waals surface area (Å²) in [7, 11) is 0. The minimum absolute atomic E-state index is 0.0232. The van der Waals surface area contributed by atoms with Crippen molar-refractivity contribution in [3.05, 3.63) is 40.2 Å². The first-order valence-corrected chi connectivity index (χ1v) is 4.00. The lowest BCUT2D eigenvalue weighted by atomic mass is 10.3. The summed E-state index contributed by atoms with van der Waals surface area (Å²) in [6, 6.07) is 0. The number of fused-ring (bicyclic) bond motifs is 1. The molecule has 4 heteroatoms. The van der Waals surface area contributed by atoms with E-state index in [1.165, 1.54) is 4.40 Å². The van der Waals surface area contributed by atoms with E-state index in [2.05, 4.69) is 9.97 Å². The Bertz CT molecular complexity index is 516. The van der Waals surface area contributed by atoms with Gasteiger partial charge in [0.25, 0.3) is 5.56 Å². The van der Waals surface area contributed by atoms with Crippen LogP contribution in [-0.2, 0) is 0 Å². The average Bonchev–Trinajstić information content (AvgIpc) is 2.15. The van der Waals surface area contributed by atoms with Gasteiger partial charge in [-0.3, -0.25) is 14.2 Å². The highest BCUT2D eigenvalue weighted by Gasteiger charge is 2.03. The lowest BCUT2D eigenvalue weighted by Crippen LogP contribution is -2.19. The molecular formula is C9H9N3O. The third kappa shape index (κ3) is 1.11. The molecule has 0 aliphatic heterocycles. The highest BCUT2D eigenvalue weighted by atomic mass is 16.1. The van der Waals surface area contributed by atoms with Crippen LogP contribution in [0.5, 0.6) is 0 Å². The molecule has 0 radical (unpaired) electrons. The van der Waals surface area contributed by atoms with Crippen LogP contribution in [0.3, 0.4) is 0 Å². The summed E-state index contributed by atoms with van der Waals surface area (Å²) < 4.78 is 1.50. The molecule has 0 atom stereocenters. The predicted octanol–water partition coefficient (Wildman–Crippen LogP) is 0.706. The maximum atomic E-state index is 11.6. The molecule has 4 nitrogen and oxygen atoms in total. The van der Waals surface area contributed by atoms with Gasteiger partial charge in [-0.2, -0.15) is 0 Å². The van der Waals surface area contributed by atoms with Crippen molar-refractivity contribution in [3.8, 4) is 0 Å². The van der Waals surface area contributed by atoms with Crippen molar-refractivity contribution in [1.29, 1.82) is 0 Å². The number of nitrogens with zero attached hydrogens (tertiary/aromatic N) is 3. The van der Waals surface area contributed by atoms with Crippen molar-refractivity contribution < 1.29 is 0 Å². The van der Waals surface area contributed by atoms with Crippen LogP contribution in [0.1, 0.15) is 11.3 Å². The lowest BCUT2D eigenvalue weighted by Gasteiger charge is -2.02. The molecule has 0 spiro atoms. The summed E-state index contributed by atoms with van der Waals surface area (Å²) in [6.07, 6.45) is 4.77. The van der Waals surface area contributed by atoms with Gasteiger partial charge in [-0.25, -0.2) is 4.98 Å². The van der Waals surface area contributed by atoms with Gasteiger partial charge in [-0.15, -0.1) is 0 Å². The van der Waals surface area contributed by atoms with Crippen molar-refractivity contribution in [2.75, 3.05) is 0 Å². The summed E-state index contributed by atoms with van der Waals surface area (Å²) in [5.41, 5.74) is 2.02. The largest absolute Gasteiger partial charge is 0.269 e. The molecule has 0 amide bonds. The van der Waals surface area contributed by atoms with Gasteiger partial charge in [-0.1, -0.05) is 0 Å². The van der Waals surface area contributed by atoms with Gasteiger partial charge in [0, 0.05) is 23.7 Å². The zero-order chi connectivity index (χ0) is 9.42.